The maximum Gasteiger partial charge on any atom is 0.171 e. The summed E-state index contributed by atoms with van der Waals surface area (Å²) in [5, 5.41) is 6.63. The van der Waals surface area contributed by atoms with Crippen LogP contribution in [0.2, 0.25) is 0 Å². The van der Waals surface area contributed by atoms with Crippen LogP contribution in [0.5, 0.6) is 5.75 Å². The highest BCUT2D eigenvalue weighted by Gasteiger charge is 1.97. The Bertz CT molecular complexity index is 379. The van der Waals surface area contributed by atoms with E-state index in [4.69, 9.17) is 21.7 Å². The molecule has 0 unspecified atom stereocenters. The van der Waals surface area contributed by atoms with Gasteiger partial charge in [-0.1, -0.05) is 6.08 Å². The van der Waals surface area contributed by atoms with Crippen LogP contribution in [-0.2, 0) is 4.74 Å². The van der Waals surface area contributed by atoms with E-state index in [9.17, 15) is 0 Å². The molecule has 0 heterocycles. The lowest BCUT2D eigenvalue weighted by molar-refractivity contribution is 0.146. The van der Waals surface area contributed by atoms with Crippen molar-refractivity contribution in [1.82, 2.24) is 5.32 Å². The topological polar surface area (TPSA) is 42.5 Å². The van der Waals surface area contributed by atoms with Crippen molar-refractivity contribution >= 4 is 23.0 Å². The van der Waals surface area contributed by atoms with Crippen LogP contribution in [0.25, 0.3) is 0 Å². The minimum Gasteiger partial charge on any atom is -0.491 e. The van der Waals surface area contributed by atoms with Crippen molar-refractivity contribution < 1.29 is 9.47 Å². The monoisotopic (exact) mass is 266 g/mol. The van der Waals surface area contributed by atoms with Crippen LogP contribution in [0.3, 0.4) is 0 Å². The summed E-state index contributed by atoms with van der Waals surface area (Å²) in [6, 6.07) is 7.58. The lowest BCUT2D eigenvalue weighted by Crippen LogP contribution is -2.28. The number of thiocarbonyl (C=S) groups is 1. The van der Waals surface area contributed by atoms with E-state index in [1.807, 2.05) is 24.3 Å². The maximum absolute atomic E-state index is 5.46. The highest BCUT2D eigenvalue weighted by Crippen LogP contribution is 2.15. The van der Waals surface area contributed by atoms with Gasteiger partial charge in [0, 0.05) is 19.3 Å². The van der Waals surface area contributed by atoms with Gasteiger partial charge in [0.2, 0.25) is 0 Å². The Morgan fingerprint density at radius 2 is 2.06 bits per heavy atom. The Kier molecular flexibility index (Phi) is 6.83. The van der Waals surface area contributed by atoms with Crippen LogP contribution >= 0.6 is 12.2 Å². The molecule has 0 radical (unpaired) electrons. The first-order valence-electron chi connectivity index (χ1n) is 5.64. The fraction of sp³-hybridized carbons (Fsp3) is 0.308. The van der Waals surface area contributed by atoms with Gasteiger partial charge in [0.05, 0.1) is 6.61 Å². The zero-order valence-corrected chi connectivity index (χ0v) is 11.3. The first-order valence-corrected chi connectivity index (χ1v) is 6.04. The molecule has 0 atom stereocenters. The van der Waals surface area contributed by atoms with Crippen LogP contribution in [0, 0.1) is 0 Å². The third kappa shape index (κ3) is 5.65. The SMILES string of the molecule is C=CCNC(=S)Nc1ccc(OCCOC)cc1. The number of hydrogen-bond acceptors (Lipinski definition) is 3. The van der Waals surface area contributed by atoms with Gasteiger partial charge in [0.15, 0.2) is 5.11 Å². The van der Waals surface area contributed by atoms with E-state index < -0.39 is 0 Å². The van der Waals surface area contributed by atoms with E-state index in [1.54, 1.807) is 13.2 Å². The average molecular weight is 266 g/mol. The van der Waals surface area contributed by atoms with E-state index in [2.05, 4.69) is 17.2 Å². The molecule has 0 aliphatic heterocycles. The third-order valence-corrected chi connectivity index (χ3v) is 2.32. The molecule has 0 bridgehead atoms. The van der Waals surface area contributed by atoms with Crippen LogP contribution in [-0.4, -0.2) is 32.0 Å². The summed E-state index contributed by atoms with van der Waals surface area (Å²) in [5.41, 5.74) is 0.913. The number of methoxy groups -OCH3 is 1. The van der Waals surface area contributed by atoms with Gasteiger partial charge >= 0.3 is 0 Å². The molecule has 0 aliphatic carbocycles. The summed E-state index contributed by atoms with van der Waals surface area (Å²) in [7, 11) is 1.65. The molecule has 0 amide bonds. The van der Waals surface area contributed by atoms with Gasteiger partial charge in [-0.2, -0.15) is 0 Å². The van der Waals surface area contributed by atoms with E-state index in [0.717, 1.165) is 11.4 Å². The Hall–Kier alpha value is -1.59. The second-order valence-corrected chi connectivity index (χ2v) is 3.90. The molecule has 0 fully saturated rings. The second kappa shape index (κ2) is 8.49. The summed E-state index contributed by atoms with van der Waals surface area (Å²) >= 11 is 5.10. The highest BCUT2D eigenvalue weighted by atomic mass is 32.1. The van der Waals surface area contributed by atoms with Crippen molar-refractivity contribution in [2.45, 2.75) is 0 Å². The number of benzene rings is 1. The van der Waals surface area contributed by atoms with Crippen molar-refractivity contribution in [3.63, 3.8) is 0 Å². The van der Waals surface area contributed by atoms with E-state index in [1.165, 1.54) is 0 Å². The standard InChI is InChI=1S/C13H18N2O2S/c1-3-8-14-13(18)15-11-4-6-12(7-5-11)17-10-9-16-2/h3-7H,1,8-10H2,2H3,(H2,14,15,18). The van der Waals surface area contributed by atoms with Crippen LogP contribution in [0.15, 0.2) is 36.9 Å². The van der Waals surface area contributed by atoms with Gasteiger partial charge in [-0.05, 0) is 36.5 Å². The number of nitrogens with one attached hydrogen (secondary N) is 2. The zero-order valence-electron chi connectivity index (χ0n) is 10.4. The number of hydrogen-bond donors (Lipinski definition) is 2. The summed E-state index contributed by atoms with van der Waals surface area (Å²) in [5.74, 6) is 0.808. The molecule has 1 aromatic rings. The van der Waals surface area contributed by atoms with Gasteiger partial charge in [0.25, 0.3) is 0 Å². The Balaban J connectivity index is 2.39. The Labute approximate surface area is 113 Å². The summed E-state index contributed by atoms with van der Waals surface area (Å²) in [6.07, 6.45) is 1.75. The zero-order chi connectivity index (χ0) is 13.2. The Morgan fingerprint density at radius 1 is 1.33 bits per heavy atom. The van der Waals surface area contributed by atoms with Gasteiger partial charge in [-0.3, -0.25) is 0 Å². The molecule has 0 aliphatic rings. The molecule has 18 heavy (non-hydrogen) atoms. The minimum atomic E-state index is 0.544. The largest absolute Gasteiger partial charge is 0.491 e. The van der Waals surface area contributed by atoms with Crippen molar-refractivity contribution in [2.24, 2.45) is 0 Å². The van der Waals surface area contributed by atoms with Gasteiger partial charge < -0.3 is 20.1 Å². The number of ether oxygens (including phenoxy) is 2. The molecule has 0 aromatic heterocycles. The smallest absolute Gasteiger partial charge is 0.171 e. The molecule has 0 spiro atoms. The highest BCUT2D eigenvalue weighted by molar-refractivity contribution is 7.80. The molecule has 1 aromatic carbocycles. The molecule has 4 nitrogen and oxygen atoms in total. The van der Waals surface area contributed by atoms with Crippen molar-refractivity contribution in [3.05, 3.63) is 36.9 Å². The molecule has 0 saturated heterocycles. The molecular weight excluding hydrogens is 248 g/mol. The van der Waals surface area contributed by atoms with Crippen LogP contribution in [0.4, 0.5) is 5.69 Å². The normalized spacial score (nSPS) is 9.61. The summed E-state index contributed by atoms with van der Waals surface area (Å²) in [4.78, 5) is 0. The molecule has 1 rings (SSSR count). The predicted molar refractivity (Wildman–Crippen MR) is 78.2 cm³/mol. The second-order valence-electron chi connectivity index (χ2n) is 3.49. The van der Waals surface area contributed by atoms with Gasteiger partial charge in [-0.25, -0.2) is 0 Å². The summed E-state index contributed by atoms with van der Waals surface area (Å²) < 4.78 is 10.4. The first kappa shape index (κ1) is 14.5. The minimum absolute atomic E-state index is 0.544. The molecule has 5 heteroatoms. The molecule has 2 N–H and O–H groups in total. The van der Waals surface area contributed by atoms with Crippen molar-refractivity contribution in [2.75, 3.05) is 32.2 Å². The molecule has 0 saturated carbocycles. The van der Waals surface area contributed by atoms with Crippen molar-refractivity contribution in [3.8, 4) is 5.75 Å². The van der Waals surface area contributed by atoms with Gasteiger partial charge in [-0.15, -0.1) is 6.58 Å². The first-order chi connectivity index (χ1) is 8.76. The fourth-order valence-corrected chi connectivity index (χ4v) is 1.42. The molecule has 98 valence electrons. The lowest BCUT2D eigenvalue weighted by Gasteiger charge is -2.10. The summed E-state index contributed by atoms with van der Waals surface area (Å²) in [6.45, 7) is 5.38. The maximum atomic E-state index is 5.46. The van der Waals surface area contributed by atoms with Crippen molar-refractivity contribution in [1.29, 1.82) is 0 Å². The average Bonchev–Trinajstić information content (AvgIpc) is 2.39. The number of rotatable bonds is 7. The number of anilines is 1. The Morgan fingerprint density at radius 3 is 2.67 bits per heavy atom. The predicted octanol–water partition coefficient (Wildman–Crippen LogP) is 2.18. The van der Waals surface area contributed by atoms with Crippen LogP contribution < -0.4 is 15.4 Å². The lowest BCUT2D eigenvalue weighted by atomic mass is 10.3. The van der Waals surface area contributed by atoms with E-state index >= 15 is 0 Å². The fourth-order valence-electron chi connectivity index (χ4n) is 1.22. The van der Waals surface area contributed by atoms with E-state index in [-0.39, 0.29) is 0 Å². The quantitative estimate of drug-likeness (QED) is 0.450. The van der Waals surface area contributed by atoms with E-state index in [0.29, 0.717) is 24.9 Å². The third-order valence-electron chi connectivity index (χ3n) is 2.08. The van der Waals surface area contributed by atoms with Crippen LogP contribution in [0.1, 0.15) is 0 Å². The molecular formula is C13H18N2O2S. The van der Waals surface area contributed by atoms with Gasteiger partial charge in [0.1, 0.15) is 12.4 Å².